The van der Waals surface area contributed by atoms with Crippen molar-refractivity contribution in [1.29, 1.82) is 0 Å². The Kier molecular flexibility index (Phi) is 6.67. The lowest BCUT2D eigenvalue weighted by atomic mass is 9.63. The molecule has 0 bridgehead atoms. The maximum absolute atomic E-state index is 10.0. The van der Waals surface area contributed by atoms with Gasteiger partial charge in [0.2, 0.25) is 0 Å². The summed E-state index contributed by atoms with van der Waals surface area (Å²) in [6.07, 6.45) is 3.38. The third-order valence-corrected chi connectivity index (χ3v) is 8.33. The second-order valence-electron chi connectivity index (χ2n) is 10.8. The van der Waals surface area contributed by atoms with Crippen molar-refractivity contribution in [3.8, 4) is 11.3 Å². The maximum atomic E-state index is 10.0. The van der Waals surface area contributed by atoms with Crippen LogP contribution in [0, 0.1) is 0 Å². The second kappa shape index (κ2) is 9.03. The first-order chi connectivity index (χ1) is 15.1. The molecule has 7 heteroatoms. The van der Waals surface area contributed by atoms with Crippen molar-refractivity contribution in [1.82, 2.24) is 10.3 Å². The van der Waals surface area contributed by atoms with Gasteiger partial charge in [-0.1, -0.05) is 39.8 Å². The van der Waals surface area contributed by atoms with E-state index in [1.165, 1.54) is 29.5 Å². The molecule has 2 atom stereocenters. The van der Waals surface area contributed by atoms with Crippen LogP contribution in [-0.4, -0.2) is 53.2 Å². The zero-order chi connectivity index (χ0) is 23.1. The molecule has 1 aliphatic carbocycles. The number of piperidine rings is 1. The van der Waals surface area contributed by atoms with E-state index in [1.54, 1.807) is 11.3 Å². The summed E-state index contributed by atoms with van der Waals surface area (Å²) in [6, 6.07) is 6.48. The van der Waals surface area contributed by atoms with Crippen LogP contribution in [0.1, 0.15) is 64.5 Å². The van der Waals surface area contributed by atoms with Gasteiger partial charge in [-0.15, -0.1) is 11.3 Å². The second-order valence-corrected chi connectivity index (χ2v) is 11.6. The van der Waals surface area contributed by atoms with Crippen LogP contribution in [-0.2, 0) is 10.8 Å². The third kappa shape index (κ3) is 4.73. The number of nitrogens with zero attached hydrogens (tertiary/aromatic N) is 2. The van der Waals surface area contributed by atoms with Gasteiger partial charge in [-0.25, -0.2) is 4.98 Å². The fourth-order valence-corrected chi connectivity index (χ4v) is 5.88. The molecule has 0 saturated carbocycles. The summed E-state index contributed by atoms with van der Waals surface area (Å²) in [7, 11) is 0. The van der Waals surface area contributed by atoms with Gasteiger partial charge in [0, 0.05) is 30.1 Å². The first-order valence-corrected chi connectivity index (χ1v) is 12.6. The van der Waals surface area contributed by atoms with Gasteiger partial charge in [0.05, 0.1) is 18.3 Å². The first-order valence-electron chi connectivity index (χ1n) is 11.8. The number of aromatic nitrogens is 1. The Balaban J connectivity index is 1.45. The van der Waals surface area contributed by atoms with Crippen LogP contribution in [0.5, 0.6) is 0 Å². The molecule has 2 aliphatic rings. The fourth-order valence-electron chi connectivity index (χ4n) is 4.99. The summed E-state index contributed by atoms with van der Waals surface area (Å²) in [5, 5.41) is 25.5. The molecule has 2 aromatic rings. The number of hydrogen-bond donors (Lipinski definition) is 4. The summed E-state index contributed by atoms with van der Waals surface area (Å²) < 4.78 is 0. The number of hydrogen-bond acceptors (Lipinski definition) is 7. The van der Waals surface area contributed by atoms with E-state index < -0.39 is 12.3 Å². The van der Waals surface area contributed by atoms with Crippen LogP contribution in [0.3, 0.4) is 0 Å². The van der Waals surface area contributed by atoms with E-state index in [2.05, 4.69) is 61.5 Å². The minimum Gasteiger partial charge on any atom is -0.395 e. The lowest BCUT2D eigenvalue weighted by Gasteiger charge is -2.42. The maximum Gasteiger partial charge on any atom is 0.185 e. The van der Waals surface area contributed by atoms with Crippen molar-refractivity contribution in [3.63, 3.8) is 0 Å². The molecule has 32 heavy (non-hydrogen) atoms. The van der Waals surface area contributed by atoms with Gasteiger partial charge >= 0.3 is 0 Å². The molecule has 0 spiro atoms. The van der Waals surface area contributed by atoms with E-state index >= 15 is 0 Å². The number of fused-ring (bicyclic) bond motifs is 1. The number of nitrogens with two attached hydrogens (primary N) is 1. The fraction of sp³-hybridized carbons (Fsp3) is 0.640. The summed E-state index contributed by atoms with van der Waals surface area (Å²) >= 11 is 1.70. The standard InChI is InChI=1S/C25H38N4O2S/c1-24(2)9-10-25(3,4)19-13-16(5-6-18(19)24)21-15-32-23(28-21)29-11-7-17(8-12-29)27-22(31)20(26)14-30/h5-6,13,15,17,20,22,27,30-31H,7-12,14,26H2,1-4H3/t20-,22+/m0/s1. The number of anilines is 1. The molecule has 5 N–H and O–H groups in total. The zero-order valence-electron chi connectivity index (χ0n) is 19.8. The Hall–Kier alpha value is -1.51. The van der Waals surface area contributed by atoms with E-state index in [9.17, 15) is 5.11 Å². The van der Waals surface area contributed by atoms with Crippen molar-refractivity contribution < 1.29 is 10.2 Å². The number of thiazole rings is 1. The lowest BCUT2D eigenvalue weighted by molar-refractivity contribution is 0.0664. The molecule has 2 heterocycles. The molecule has 0 amide bonds. The SMILES string of the molecule is CC1(C)CCC(C)(C)c2cc(-c3csc(N4CCC(N[C@H](O)[C@@H](N)CO)CC4)n3)ccc21. The van der Waals surface area contributed by atoms with Gasteiger partial charge in [-0.3, -0.25) is 5.32 Å². The van der Waals surface area contributed by atoms with Gasteiger partial charge in [-0.2, -0.15) is 0 Å². The predicted octanol–water partition coefficient (Wildman–Crippen LogP) is 3.36. The van der Waals surface area contributed by atoms with Gasteiger partial charge in [-0.05, 0) is 53.7 Å². The number of aliphatic hydroxyl groups excluding tert-OH is 2. The molecule has 1 saturated heterocycles. The molecule has 1 fully saturated rings. The van der Waals surface area contributed by atoms with Crippen LogP contribution >= 0.6 is 11.3 Å². The summed E-state index contributed by atoms with van der Waals surface area (Å²) in [4.78, 5) is 7.32. The highest BCUT2D eigenvalue weighted by molar-refractivity contribution is 7.14. The van der Waals surface area contributed by atoms with Gasteiger partial charge in [0.25, 0.3) is 0 Å². The molecule has 176 valence electrons. The van der Waals surface area contributed by atoms with Crippen molar-refractivity contribution in [2.24, 2.45) is 5.73 Å². The van der Waals surface area contributed by atoms with Crippen molar-refractivity contribution in [2.75, 3.05) is 24.6 Å². The summed E-state index contributed by atoms with van der Waals surface area (Å²) in [5.41, 5.74) is 11.3. The van der Waals surface area contributed by atoms with Gasteiger partial charge < -0.3 is 20.8 Å². The van der Waals surface area contributed by atoms with Gasteiger partial charge in [0.15, 0.2) is 5.13 Å². The summed E-state index contributed by atoms with van der Waals surface area (Å²) in [5.74, 6) is 0. The number of rotatable bonds is 6. The van der Waals surface area contributed by atoms with Crippen molar-refractivity contribution in [2.45, 2.75) is 82.5 Å². The quantitative estimate of drug-likeness (QED) is 0.496. The number of benzene rings is 1. The number of aliphatic hydroxyl groups is 2. The molecule has 0 radical (unpaired) electrons. The summed E-state index contributed by atoms with van der Waals surface area (Å²) in [6.45, 7) is 11.0. The van der Waals surface area contributed by atoms with Crippen LogP contribution in [0.4, 0.5) is 5.13 Å². The average Bonchev–Trinajstić information content (AvgIpc) is 3.27. The van der Waals surface area contributed by atoms with Gasteiger partial charge in [0.1, 0.15) is 6.23 Å². The Morgan fingerprint density at radius 2 is 1.81 bits per heavy atom. The largest absolute Gasteiger partial charge is 0.395 e. The highest BCUT2D eigenvalue weighted by Gasteiger charge is 2.37. The third-order valence-electron chi connectivity index (χ3n) is 7.43. The Bertz CT molecular complexity index is 934. The lowest BCUT2D eigenvalue weighted by Crippen LogP contribution is -2.53. The Labute approximate surface area is 195 Å². The minimum absolute atomic E-state index is 0.192. The topological polar surface area (TPSA) is 94.6 Å². The molecule has 1 aromatic carbocycles. The van der Waals surface area contributed by atoms with Crippen molar-refractivity contribution >= 4 is 16.5 Å². The molecule has 4 rings (SSSR count). The zero-order valence-corrected chi connectivity index (χ0v) is 20.6. The van der Waals surface area contributed by atoms with Crippen molar-refractivity contribution in [3.05, 3.63) is 34.7 Å². The van der Waals surface area contributed by atoms with Crippen LogP contribution in [0.15, 0.2) is 23.6 Å². The Morgan fingerprint density at radius 3 is 2.47 bits per heavy atom. The van der Waals surface area contributed by atoms with E-state index in [-0.39, 0.29) is 23.5 Å². The van der Waals surface area contributed by atoms with Crippen LogP contribution in [0.2, 0.25) is 0 Å². The molecular weight excluding hydrogens is 420 g/mol. The van der Waals surface area contributed by atoms with E-state index in [0.29, 0.717) is 0 Å². The van der Waals surface area contributed by atoms with Crippen LogP contribution in [0.25, 0.3) is 11.3 Å². The van der Waals surface area contributed by atoms with E-state index in [0.717, 1.165) is 36.8 Å². The van der Waals surface area contributed by atoms with Crippen LogP contribution < -0.4 is 16.0 Å². The highest BCUT2D eigenvalue weighted by Crippen LogP contribution is 2.47. The van der Waals surface area contributed by atoms with E-state index in [4.69, 9.17) is 15.8 Å². The minimum atomic E-state index is -0.874. The Morgan fingerprint density at radius 1 is 1.16 bits per heavy atom. The normalized spacial score (nSPS) is 22.4. The molecule has 0 unspecified atom stereocenters. The smallest absolute Gasteiger partial charge is 0.185 e. The molecule has 6 nitrogen and oxygen atoms in total. The highest BCUT2D eigenvalue weighted by atomic mass is 32.1. The van der Waals surface area contributed by atoms with E-state index in [1.807, 2.05) is 0 Å². The molecule has 1 aliphatic heterocycles. The molecular formula is C25H38N4O2S. The monoisotopic (exact) mass is 458 g/mol. The number of nitrogens with one attached hydrogen (secondary N) is 1. The average molecular weight is 459 g/mol. The predicted molar refractivity (Wildman–Crippen MR) is 132 cm³/mol. The molecule has 1 aromatic heterocycles. The first kappa shape index (κ1) is 23.6.